The Morgan fingerprint density at radius 1 is 1.30 bits per heavy atom. The van der Waals surface area contributed by atoms with Crippen LogP contribution < -0.4 is 0 Å². The molecule has 1 aromatic heterocycles. The molecular formula is C19H24N2OS. The van der Waals surface area contributed by atoms with Crippen LogP contribution in [0.5, 0.6) is 0 Å². The Balaban J connectivity index is 1.57. The predicted molar refractivity (Wildman–Crippen MR) is 95.6 cm³/mol. The zero-order valence-corrected chi connectivity index (χ0v) is 14.7. The van der Waals surface area contributed by atoms with Crippen molar-refractivity contribution >= 4 is 17.2 Å². The van der Waals surface area contributed by atoms with E-state index in [0.29, 0.717) is 6.42 Å². The molecule has 0 aliphatic carbocycles. The van der Waals surface area contributed by atoms with E-state index in [4.69, 9.17) is 4.98 Å². The van der Waals surface area contributed by atoms with Crippen molar-refractivity contribution in [3.63, 3.8) is 0 Å². The number of nitrogens with zero attached hydrogens (tertiary/aromatic N) is 2. The van der Waals surface area contributed by atoms with Gasteiger partial charge in [0.15, 0.2) is 0 Å². The first-order valence-corrected chi connectivity index (χ1v) is 9.29. The smallest absolute Gasteiger partial charge is 0.222 e. The van der Waals surface area contributed by atoms with Crippen LogP contribution in [0.15, 0.2) is 29.6 Å². The highest BCUT2D eigenvalue weighted by Crippen LogP contribution is 2.27. The second-order valence-corrected chi connectivity index (χ2v) is 7.38. The van der Waals surface area contributed by atoms with Gasteiger partial charge in [0.25, 0.3) is 0 Å². The fourth-order valence-electron chi connectivity index (χ4n) is 3.01. The number of hydrogen-bond acceptors (Lipinski definition) is 3. The molecule has 1 aromatic carbocycles. The van der Waals surface area contributed by atoms with Crippen molar-refractivity contribution in [2.75, 3.05) is 13.1 Å². The van der Waals surface area contributed by atoms with Crippen molar-refractivity contribution in [1.82, 2.24) is 9.88 Å². The number of piperidine rings is 1. The molecule has 0 N–H and O–H groups in total. The third-order valence-corrected chi connectivity index (χ3v) is 5.58. The summed E-state index contributed by atoms with van der Waals surface area (Å²) in [5.41, 5.74) is 3.47. The summed E-state index contributed by atoms with van der Waals surface area (Å²) in [4.78, 5) is 19.1. The fourth-order valence-corrected chi connectivity index (χ4v) is 3.95. The van der Waals surface area contributed by atoms with E-state index in [1.807, 2.05) is 17.0 Å². The summed E-state index contributed by atoms with van der Waals surface area (Å²) < 4.78 is 0. The van der Waals surface area contributed by atoms with E-state index < -0.39 is 0 Å². The van der Waals surface area contributed by atoms with Crippen LogP contribution in [0.1, 0.15) is 37.4 Å². The predicted octanol–water partition coefficient (Wildman–Crippen LogP) is 4.31. The lowest BCUT2D eigenvalue weighted by Gasteiger charge is -2.30. The van der Waals surface area contributed by atoms with Crippen LogP contribution in [0.2, 0.25) is 0 Å². The lowest BCUT2D eigenvalue weighted by atomic mass is 9.99. The minimum atomic E-state index is 0.280. The van der Waals surface area contributed by atoms with Gasteiger partial charge in [-0.1, -0.05) is 31.2 Å². The Hall–Kier alpha value is -1.68. The van der Waals surface area contributed by atoms with Crippen LogP contribution in [0.4, 0.5) is 0 Å². The summed E-state index contributed by atoms with van der Waals surface area (Å²) in [5, 5.41) is 3.14. The maximum absolute atomic E-state index is 12.3. The second kappa shape index (κ2) is 7.26. The van der Waals surface area contributed by atoms with Gasteiger partial charge in [0.05, 0.1) is 5.69 Å². The first kappa shape index (κ1) is 16.2. The van der Waals surface area contributed by atoms with Crippen molar-refractivity contribution in [2.24, 2.45) is 5.92 Å². The molecule has 1 aliphatic rings. The number of rotatable bonds is 4. The zero-order valence-electron chi connectivity index (χ0n) is 13.9. The van der Waals surface area contributed by atoms with Gasteiger partial charge in [-0.05, 0) is 37.7 Å². The van der Waals surface area contributed by atoms with E-state index in [2.05, 4.69) is 31.4 Å². The van der Waals surface area contributed by atoms with E-state index >= 15 is 0 Å². The molecule has 1 saturated heterocycles. The minimum absolute atomic E-state index is 0.280. The number of amides is 1. The molecule has 0 radical (unpaired) electrons. The van der Waals surface area contributed by atoms with E-state index in [9.17, 15) is 4.79 Å². The van der Waals surface area contributed by atoms with E-state index in [0.717, 1.165) is 49.0 Å². The van der Waals surface area contributed by atoms with Gasteiger partial charge in [0.2, 0.25) is 5.91 Å². The normalized spacial score (nSPS) is 15.8. The molecule has 1 amide bonds. The van der Waals surface area contributed by atoms with Gasteiger partial charge in [-0.25, -0.2) is 4.98 Å². The van der Waals surface area contributed by atoms with E-state index in [1.54, 1.807) is 11.3 Å². The third-order valence-electron chi connectivity index (χ3n) is 4.66. The summed E-state index contributed by atoms with van der Waals surface area (Å²) in [7, 11) is 0. The minimum Gasteiger partial charge on any atom is -0.343 e. The fraction of sp³-hybridized carbons (Fsp3) is 0.474. The standard InChI is InChI=1S/C19H24N2OS/c1-14-9-11-21(12-10-14)18(22)8-7-16-13-23-19(20-16)17-6-4-3-5-15(17)2/h3-6,13-14H,7-12H2,1-2H3. The second-order valence-electron chi connectivity index (χ2n) is 6.52. The van der Waals surface area contributed by atoms with Gasteiger partial charge in [0, 0.05) is 30.5 Å². The summed E-state index contributed by atoms with van der Waals surface area (Å²) in [6.45, 7) is 6.22. The molecule has 4 heteroatoms. The number of hydrogen-bond donors (Lipinski definition) is 0. The molecule has 0 bridgehead atoms. The Morgan fingerprint density at radius 2 is 2.04 bits per heavy atom. The highest BCUT2D eigenvalue weighted by atomic mass is 32.1. The summed E-state index contributed by atoms with van der Waals surface area (Å²) in [6, 6.07) is 8.31. The van der Waals surface area contributed by atoms with Crippen LogP contribution in [0, 0.1) is 12.8 Å². The van der Waals surface area contributed by atoms with Crippen LogP contribution in [0.25, 0.3) is 10.6 Å². The van der Waals surface area contributed by atoms with E-state index in [-0.39, 0.29) is 5.91 Å². The molecule has 0 saturated carbocycles. The van der Waals surface area contributed by atoms with Crippen molar-refractivity contribution in [2.45, 2.75) is 39.5 Å². The molecule has 1 fully saturated rings. The number of carbonyl (C=O) groups is 1. The molecule has 0 atom stereocenters. The van der Waals surface area contributed by atoms with Gasteiger partial charge in [-0.2, -0.15) is 0 Å². The maximum atomic E-state index is 12.3. The van der Waals surface area contributed by atoms with Crippen molar-refractivity contribution < 1.29 is 4.79 Å². The quantitative estimate of drug-likeness (QED) is 0.838. The largest absolute Gasteiger partial charge is 0.343 e. The van der Waals surface area contributed by atoms with Crippen molar-refractivity contribution in [3.8, 4) is 10.6 Å². The van der Waals surface area contributed by atoms with Crippen LogP contribution in [-0.2, 0) is 11.2 Å². The number of aromatic nitrogens is 1. The van der Waals surface area contributed by atoms with Gasteiger partial charge in [-0.3, -0.25) is 4.79 Å². The van der Waals surface area contributed by atoms with Crippen molar-refractivity contribution in [1.29, 1.82) is 0 Å². The Labute approximate surface area is 142 Å². The Morgan fingerprint density at radius 3 is 2.78 bits per heavy atom. The summed E-state index contributed by atoms with van der Waals surface area (Å²) in [6.07, 6.45) is 3.60. The molecule has 2 aromatic rings. The van der Waals surface area contributed by atoms with Gasteiger partial charge in [0.1, 0.15) is 5.01 Å². The van der Waals surface area contributed by atoms with Crippen LogP contribution in [0.3, 0.4) is 0 Å². The Bertz CT molecular complexity index is 672. The van der Waals surface area contributed by atoms with Gasteiger partial charge in [-0.15, -0.1) is 11.3 Å². The summed E-state index contributed by atoms with van der Waals surface area (Å²) >= 11 is 1.67. The molecule has 122 valence electrons. The zero-order chi connectivity index (χ0) is 16.2. The lowest BCUT2D eigenvalue weighted by molar-refractivity contribution is -0.132. The third kappa shape index (κ3) is 3.99. The monoisotopic (exact) mass is 328 g/mol. The number of benzene rings is 1. The van der Waals surface area contributed by atoms with Crippen LogP contribution in [-0.4, -0.2) is 28.9 Å². The molecule has 0 unspecified atom stereocenters. The highest BCUT2D eigenvalue weighted by molar-refractivity contribution is 7.13. The molecule has 1 aliphatic heterocycles. The SMILES string of the molecule is Cc1ccccc1-c1nc(CCC(=O)N2CCC(C)CC2)cs1. The molecule has 2 heterocycles. The topological polar surface area (TPSA) is 33.2 Å². The average molecular weight is 328 g/mol. The van der Waals surface area contributed by atoms with Gasteiger partial charge >= 0.3 is 0 Å². The lowest BCUT2D eigenvalue weighted by Crippen LogP contribution is -2.38. The Kier molecular flexibility index (Phi) is 5.11. The maximum Gasteiger partial charge on any atom is 0.222 e. The summed E-state index contributed by atoms with van der Waals surface area (Å²) in [5.74, 6) is 1.04. The first-order chi connectivity index (χ1) is 11.1. The molecule has 0 spiro atoms. The van der Waals surface area contributed by atoms with E-state index in [1.165, 1.54) is 11.1 Å². The van der Waals surface area contributed by atoms with Gasteiger partial charge < -0.3 is 4.90 Å². The number of carbonyl (C=O) groups excluding carboxylic acids is 1. The number of likely N-dealkylation sites (tertiary alicyclic amines) is 1. The van der Waals surface area contributed by atoms with Crippen molar-refractivity contribution in [3.05, 3.63) is 40.9 Å². The molecule has 3 nitrogen and oxygen atoms in total. The average Bonchev–Trinajstić information content (AvgIpc) is 3.02. The van der Waals surface area contributed by atoms with Crippen LogP contribution >= 0.6 is 11.3 Å². The first-order valence-electron chi connectivity index (χ1n) is 8.41. The molecular weight excluding hydrogens is 304 g/mol. The molecule has 3 rings (SSSR count). The number of thiazole rings is 1. The highest BCUT2D eigenvalue weighted by Gasteiger charge is 2.20. The molecule has 23 heavy (non-hydrogen) atoms. The number of aryl methyl sites for hydroxylation is 2.